The van der Waals surface area contributed by atoms with Crippen molar-refractivity contribution < 1.29 is 5.11 Å². The van der Waals surface area contributed by atoms with E-state index < -0.39 is 0 Å². The predicted molar refractivity (Wildman–Crippen MR) is 49.9 cm³/mol. The molecule has 1 radical (unpaired) electrons. The van der Waals surface area contributed by atoms with Crippen LogP contribution in [0.4, 0.5) is 0 Å². The molecular formula is C10H7OS. The molecule has 1 aromatic heterocycles. The normalized spacial score (nSPS) is 10.0. The minimum absolute atomic E-state index is 0.140. The smallest absolute Gasteiger partial charge is 0.240 e. The minimum atomic E-state index is 0.140. The highest BCUT2D eigenvalue weighted by Crippen LogP contribution is 2.34. The van der Waals surface area contributed by atoms with E-state index in [1.807, 2.05) is 41.8 Å². The topological polar surface area (TPSA) is 19.9 Å². The lowest BCUT2D eigenvalue weighted by Crippen LogP contribution is -1.70. The molecule has 2 rings (SSSR count). The Morgan fingerprint density at radius 3 is 2.33 bits per heavy atom. The fraction of sp³-hybridized carbons (Fsp3) is 0. The molecule has 0 atom stereocenters. The van der Waals surface area contributed by atoms with Crippen LogP contribution in [0.5, 0.6) is 5.06 Å². The largest absolute Gasteiger partial charge is 0.277 e. The zero-order valence-corrected chi connectivity index (χ0v) is 7.17. The second-order valence-electron chi connectivity index (χ2n) is 2.49. The highest BCUT2D eigenvalue weighted by atomic mass is 32.1. The van der Waals surface area contributed by atoms with Crippen molar-refractivity contribution in [2.45, 2.75) is 0 Å². The lowest BCUT2D eigenvalue weighted by molar-refractivity contribution is 0.370. The summed E-state index contributed by atoms with van der Waals surface area (Å²) in [6.07, 6.45) is 0. The van der Waals surface area contributed by atoms with E-state index in [-0.39, 0.29) is 5.06 Å². The Hall–Kier alpha value is -1.28. The molecule has 59 valence electrons. The molecule has 0 fully saturated rings. The van der Waals surface area contributed by atoms with Crippen LogP contribution in [0.1, 0.15) is 0 Å². The molecule has 0 saturated carbocycles. The average molecular weight is 175 g/mol. The van der Waals surface area contributed by atoms with Gasteiger partial charge in [-0.2, -0.15) is 0 Å². The van der Waals surface area contributed by atoms with E-state index in [4.69, 9.17) is 0 Å². The van der Waals surface area contributed by atoms with Crippen molar-refractivity contribution in [1.82, 2.24) is 0 Å². The summed E-state index contributed by atoms with van der Waals surface area (Å²) in [5, 5.41) is 13.2. The lowest BCUT2D eigenvalue weighted by atomic mass is 10.1. The summed E-state index contributed by atoms with van der Waals surface area (Å²) in [5.74, 6) is 0. The van der Waals surface area contributed by atoms with Crippen LogP contribution in [-0.2, 0) is 5.11 Å². The number of rotatable bonds is 1. The molecule has 0 aliphatic rings. The van der Waals surface area contributed by atoms with Crippen molar-refractivity contribution >= 4 is 11.3 Å². The zero-order valence-electron chi connectivity index (χ0n) is 6.36. The molecule has 1 aromatic carbocycles. The maximum absolute atomic E-state index is 11.2. The van der Waals surface area contributed by atoms with Crippen molar-refractivity contribution in [3.8, 4) is 16.2 Å². The Balaban J connectivity index is 2.51. The Bertz CT molecular complexity index is 364. The first-order valence-corrected chi connectivity index (χ1v) is 4.56. The highest BCUT2D eigenvalue weighted by Gasteiger charge is 2.05. The molecule has 0 aliphatic carbocycles. The third-order valence-corrected chi connectivity index (χ3v) is 2.42. The van der Waals surface area contributed by atoms with E-state index in [1.165, 1.54) is 11.3 Å². The highest BCUT2D eigenvalue weighted by molar-refractivity contribution is 7.12. The predicted octanol–water partition coefficient (Wildman–Crippen LogP) is 3.56. The summed E-state index contributed by atoms with van der Waals surface area (Å²) in [6.45, 7) is 0. The maximum atomic E-state index is 11.2. The molecule has 1 nitrogen and oxygen atoms in total. The van der Waals surface area contributed by atoms with Gasteiger partial charge in [0.15, 0.2) is 0 Å². The van der Waals surface area contributed by atoms with Crippen LogP contribution >= 0.6 is 11.3 Å². The van der Waals surface area contributed by atoms with Crippen LogP contribution in [-0.4, -0.2) is 0 Å². The van der Waals surface area contributed by atoms with Gasteiger partial charge >= 0.3 is 0 Å². The molecule has 0 saturated heterocycles. The monoisotopic (exact) mass is 175 g/mol. The summed E-state index contributed by atoms with van der Waals surface area (Å²) < 4.78 is 0. The number of thiophene rings is 1. The number of hydrogen-bond donors (Lipinski definition) is 0. The molecule has 0 spiro atoms. The van der Waals surface area contributed by atoms with Gasteiger partial charge in [0, 0.05) is 5.56 Å². The van der Waals surface area contributed by atoms with Gasteiger partial charge in [-0.1, -0.05) is 30.3 Å². The maximum Gasteiger partial charge on any atom is 0.240 e. The molecule has 2 aromatic rings. The van der Waals surface area contributed by atoms with Gasteiger partial charge < -0.3 is 0 Å². The molecule has 0 N–H and O–H groups in total. The Morgan fingerprint density at radius 2 is 1.75 bits per heavy atom. The van der Waals surface area contributed by atoms with E-state index in [0.717, 1.165) is 11.1 Å². The standard InChI is InChI=1S/C10H7OS/c11-10-9(6-7-12-10)8-4-2-1-3-5-8/h1-7H. The summed E-state index contributed by atoms with van der Waals surface area (Å²) in [5.41, 5.74) is 1.81. The van der Waals surface area contributed by atoms with Crippen molar-refractivity contribution in [1.29, 1.82) is 0 Å². The average Bonchev–Trinajstić information content (AvgIpc) is 2.53. The summed E-state index contributed by atoms with van der Waals surface area (Å²) in [7, 11) is 0. The van der Waals surface area contributed by atoms with E-state index >= 15 is 0 Å². The van der Waals surface area contributed by atoms with E-state index in [9.17, 15) is 5.11 Å². The number of benzene rings is 1. The van der Waals surface area contributed by atoms with Crippen LogP contribution in [0.3, 0.4) is 0 Å². The van der Waals surface area contributed by atoms with Crippen molar-refractivity contribution in [3.63, 3.8) is 0 Å². The third-order valence-electron chi connectivity index (χ3n) is 1.71. The van der Waals surface area contributed by atoms with Gasteiger partial charge in [-0.3, -0.25) is 5.11 Å². The fourth-order valence-electron chi connectivity index (χ4n) is 1.13. The van der Waals surface area contributed by atoms with Gasteiger partial charge in [-0.05, 0) is 17.0 Å². The molecule has 1 heterocycles. The van der Waals surface area contributed by atoms with Crippen molar-refractivity contribution in [2.24, 2.45) is 0 Å². The van der Waals surface area contributed by atoms with Crippen LogP contribution in [0, 0.1) is 0 Å². The van der Waals surface area contributed by atoms with E-state index in [1.54, 1.807) is 0 Å². The van der Waals surface area contributed by atoms with Gasteiger partial charge in [0.1, 0.15) is 0 Å². The minimum Gasteiger partial charge on any atom is -0.277 e. The first-order valence-electron chi connectivity index (χ1n) is 3.68. The Morgan fingerprint density at radius 1 is 1.00 bits per heavy atom. The van der Waals surface area contributed by atoms with Gasteiger partial charge in [-0.15, -0.1) is 11.3 Å². The lowest BCUT2D eigenvalue weighted by Gasteiger charge is -1.94. The summed E-state index contributed by atoms with van der Waals surface area (Å²) in [4.78, 5) is 0. The van der Waals surface area contributed by atoms with E-state index in [2.05, 4.69) is 0 Å². The quantitative estimate of drug-likeness (QED) is 0.631. The Labute approximate surface area is 74.9 Å². The molecule has 2 heteroatoms. The second-order valence-corrected chi connectivity index (χ2v) is 3.37. The van der Waals surface area contributed by atoms with Crippen LogP contribution < -0.4 is 0 Å². The van der Waals surface area contributed by atoms with Crippen LogP contribution in [0.15, 0.2) is 41.8 Å². The van der Waals surface area contributed by atoms with Crippen molar-refractivity contribution in [2.75, 3.05) is 0 Å². The molecule has 12 heavy (non-hydrogen) atoms. The van der Waals surface area contributed by atoms with Gasteiger partial charge in [0.25, 0.3) is 0 Å². The van der Waals surface area contributed by atoms with E-state index in [0.29, 0.717) is 0 Å². The second kappa shape index (κ2) is 2.99. The van der Waals surface area contributed by atoms with Gasteiger partial charge in [0.2, 0.25) is 5.06 Å². The third kappa shape index (κ3) is 1.21. The first-order chi connectivity index (χ1) is 5.88. The SMILES string of the molecule is [O]c1sccc1-c1ccccc1. The first kappa shape index (κ1) is 7.37. The van der Waals surface area contributed by atoms with Crippen LogP contribution in [0.25, 0.3) is 11.1 Å². The zero-order chi connectivity index (χ0) is 8.39. The molecule has 0 aliphatic heterocycles. The summed E-state index contributed by atoms with van der Waals surface area (Å²) >= 11 is 1.24. The van der Waals surface area contributed by atoms with Gasteiger partial charge in [0.05, 0.1) is 0 Å². The summed E-state index contributed by atoms with van der Waals surface area (Å²) in [6, 6.07) is 11.6. The molecule has 0 unspecified atom stereocenters. The Kier molecular flexibility index (Phi) is 1.84. The van der Waals surface area contributed by atoms with Crippen molar-refractivity contribution in [3.05, 3.63) is 41.8 Å². The molecule has 0 bridgehead atoms. The number of hydrogen-bond acceptors (Lipinski definition) is 1. The molecular weight excluding hydrogens is 168 g/mol. The fourth-order valence-corrected chi connectivity index (χ4v) is 1.77. The van der Waals surface area contributed by atoms with Crippen LogP contribution in [0.2, 0.25) is 0 Å². The molecule has 0 amide bonds. The van der Waals surface area contributed by atoms with Gasteiger partial charge in [-0.25, -0.2) is 0 Å².